The van der Waals surface area contributed by atoms with Crippen LogP contribution in [0.1, 0.15) is 18.4 Å². The fraction of sp³-hybridized carbons (Fsp3) is 0.350. The molecule has 0 aliphatic carbocycles. The Morgan fingerprint density at radius 2 is 1.76 bits per heavy atom. The molecule has 1 N–H and O–H groups in total. The molecular weight excluding hydrogens is 354 g/mol. The predicted octanol–water partition coefficient (Wildman–Crippen LogP) is 4.30. The van der Waals surface area contributed by atoms with E-state index in [1.54, 1.807) is 0 Å². The van der Waals surface area contributed by atoms with Crippen LogP contribution in [-0.2, 0) is 14.9 Å². The third-order valence-electron chi connectivity index (χ3n) is 4.64. The fourth-order valence-electron chi connectivity index (χ4n) is 3.12. The Bertz CT molecular complexity index is 685. The van der Waals surface area contributed by atoms with Crippen molar-refractivity contribution >= 4 is 29.3 Å². The van der Waals surface area contributed by atoms with Crippen LogP contribution in [0, 0.1) is 0 Å². The van der Waals surface area contributed by atoms with E-state index in [1.807, 2.05) is 30.3 Å². The van der Waals surface area contributed by atoms with Crippen molar-refractivity contribution in [2.24, 2.45) is 0 Å². The molecule has 2 aromatic rings. The van der Waals surface area contributed by atoms with Gasteiger partial charge in [-0.3, -0.25) is 4.79 Å². The van der Waals surface area contributed by atoms with Gasteiger partial charge in [-0.15, -0.1) is 11.8 Å². The van der Waals surface area contributed by atoms with Gasteiger partial charge in [0.25, 0.3) is 0 Å². The Balaban J connectivity index is 1.57. The highest BCUT2D eigenvalue weighted by atomic mass is 35.5. The maximum atomic E-state index is 12.3. The molecule has 1 fully saturated rings. The zero-order chi connectivity index (χ0) is 17.5. The molecule has 5 heteroatoms. The highest BCUT2D eigenvalue weighted by Gasteiger charge is 2.34. The molecule has 0 atom stereocenters. The molecule has 0 spiro atoms. The van der Waals surface area contributed by atoms with E-state index in [4.69, 9.17) is 16.3 Å². The first-order chi connectivity index (χ1) is 12.2. The van der Waals surface area contributed by atoms with Gasteiger partial charge in [0.15, 0.2) is 0 Å². The summed E-state index contributed by atoms with van der Waals surface area (Å²) in [7, 11) is 0. The van der Waals surface area contributed by atoms with Crippen molar-refractivity contribution < 1.29 is 9.53 Å². The van der Waals surface area contributed by atoms with Crippen LogP contribution in [0.4, 0.5) is 0 Å². The van der Waals surface area contributed by atoms with Gasteiger partial charge >= 0.3 is 0 Å². The number of ether oxygens (including phenoxy) is 1. The first-order valence-corrected chi connectivity index (χ1v) is 9.83. The fourth-order valence-corrected chi connectivity index (χ4v) is 3.97. The van der Waals surface area contributed by atoms with Crippen molar-refractivity contribution in [1.29, 1.82) is 0 Å². The molecule has 3 rings (SSSR count). The number of nitrogens with one attached hydrogen (secondary N) is 1. The van der Waals surface area contributed by atoms with Gasteiger partial charge in [-0.25, -0.2) is 0 Å². The third-order valence-corrected chi connectivity index (χ3v) is 5.91. The zero-order valence-electron chi connectivity index (χ0n) is 14.0. The van der Waals surface area contributed by atoms with Crippen molar-refractivity contribution in [3.8, 4) is 0 Å². The highest BCUT2D eigenvalue weighted by molar-refractivity contribution is 8.00. The molecule has 132 valence electrons. The number of rotatable bonds is 6. The number of carbonyl (C=O) groups is 1. The lowest BCUT2D eigenvalue weighted by molar-refractivity contribution is -0.119. The van der Waals surface area contributed by atoms with E-state index in [-0.39, 0.29) is 11.3 Å². The number of hydrogen-bond acceptors (Lipinski definition) is 3. The topological polar surface area (TPSA) is 38.3 Å². The Morgan fingerprint density at radius 3 is 2.44 bits per heavy atom. The Kier molecular flexibility index (Phi) is 6.40. The zero-order valence-corrected chi connectivity index (χ0v) is 15.6. The number of halogens is 1. The van der Waals surface area contributed by atoms with E-state index in [2.05, 4.69) is 29.6 Å². The minimum Gasteiger partial charge on any atom is -0.381 e. The van der Waals surface area contributed by atoms with Crippen molar-refractivity contribution in [2.45, 2.75) is 23.2 Å². The highest BCUT2D eigenvalue weighted by Crippen LogP contribution is 2.34. The third kappa shape index (κ3) is 5.00. The summed E-state index contributed by atoms with van der Waals surface area (Å²) in [5, 5.41) is 3.84. The molecule has 3 nitrogen and oxygen atoms in total. The lowest BCUT2D eigenvalue weighted by Gasteiger charge is -2.38. The molecule has 0 unspecified atom stereocenters. The average Bonchev–Trinajstić information content (AvgIpc) is 2.67. The number of amides is 1. The Hall–Kier alpha value is -1.49. The van der Waals surface area contributed by atoms with E-state index < -0.39 is 0 Å². The average molecular weight is 376 g/mol. The van der Waals surface area contributed by atoms with Crippen molar-refractivity contribution in [1.82, 2.24) is 5.32 Å². The van der Waals surface area contributed by atoms with Crippen LogP contribution in [0.5, 0.6) is 0 Å². The second kappa shape index (κ2) is 8.75. The van der Waals surface area contributed by atoms with Crippen LogP contribution in [0.2, 0.25) is 5.02 Å². The monoisotopic (exact) mass is 375 g/mol. The van der Waals surface area contributed by atoms with Gasteiger partial charge in [0.05, 0.1) is 5.75 Å². The quantitative estimate of drug-likeness (QED) is 0.765. The molecule has 0 radical (unpaired) electrons. The summed E-state index contributed by atoms with van der Waals surface area (Å²) in [5.74, 6) is 0.463. The van der Waals surface area contributed by atoms with Gasteiger partial charge in [-0.2, -0.15) is 0 Å². The number of thioether (sulfide) groups is 1. The van der Waals surface area contributed by atoms with Gasteiger partial charge in [0, 0.05) is 35.1 Å². The molecule has 0 saturated carbocycles. The SMILES string of the molecule is O=C(CSc1ccc(Cl)cc1)NCC1(c2ccccc2)CCOCC1. The summed E-state index contributed by atoms with van der Waals surface area (Å²) in [4.78, 5) is 13.4. The van der Waals surface area contributed by atoms with E-state index in [0.29, 0.717) is 17.3 Å². The smallest absolute Gasteiger partial charge is 0.230 e. The van der Waals surface area contributed by atoms with Crippen LogP contribution in [-0.4, -0.2) is 31.4 Å². The first-order valence-electron chi connectivity index (χ1n) is 8.46. The summed E-state index contributed by atoms with van der Waals surface area (Å²) in [6.07, 6.45) is 1.86. The maximum Gasteiger partial charge on any atom is 0.230 e. The van der Waals surface area contributed by atoms with E-state index in [9.17, 15) is 4.79 Å². The van der Waals surface area contributed by atoms with Crippen LogP contribution < -0.4 is 5.32 Å². The second-order valence-corrected chi connectivity index (χ2v) is 7.76. The summed E-state index contributed by atoms with van der Waals surface area (Å²) in [6.45, 7) is 2.13. The number of hydrogen-bond donors (Lipinski definition) is 1. The van der Waals surface area contributed by atoms with E-state index in [0.717, 1.165) is 31.0 Å². The lowest BCUT2D eigenvalue weighted by Crippen LogP contribution is -2.45. The molecule has 25 heavy (non-hydrogen) atoms. The van der Waals surface area contributed by atoms with Gasteiger partial charge in [-0.1, -0.05) is 41.9 Å². The van der Waals surface area contributed by atoms with Gasteiger partial charge in [-0.05, 0) is 42.7 Å². The van der Waals surface area contributed by atoms with Crippen molar-refractivity contribution in [3.05, 3.63) is 65.2 Å². The Morgan fingerprint density at radius 1 is 1.08 bits per heavy atom. The van der Waals surface area contributed by atoms with Gasteiger partial charge in [0.1, 0.15) is 0 Å². The summed E-state index contributed by atoms with van der Waals surface area (Å²) in [6, 6.07) is 18.0. The van der Waals surface area contributed by atoms with Crippen LogP contribution in [0.15, 0.2) is 59.5 Å². The molecule has 1 saturated heterocycles. The number of carbonyl (C=O) groups excluding carboxylic acids is 1. The normalized spacial score (nSPS) is 16.4. The predicted molar refractivity (Wildman–Crippen MR) is 103 cm³/mol. The molecule has 0 bridgehead atoms. The summed E-state index contributed by atoms with van der Waals surface area (Å²) < 4.78 is 5.54. The van der Waals surface area contributed by atoms with Crippen molar-refractivity contribution in [3.63, 3.8) is 0 Å². The maximum absolute atomic E-state index is 12.3. The number of benzene rings is 2. The molecule has 1 heterocycles. The molecule has 1 amide bonds. The summed E-state index contributed by atoms with van der Waals surface area (Å²) in [5.41, 5.74) is 1.25. The van der Waals surface area contributed by atoms with Crippen LogP contribution in [0.3, 0.4) is 0 Å². The van der Waals surface area contributed by atoms with E-state index in [1.165, 1.54) is 17.3 Å². The largest absolute Gasteiger partial charge is 0.381 e. The first kappa shape index (κ1) is 18.3. The molecule has 1 aliphatic heterocycles. The molecular formula is C20H22ClNO2S. The second-order valence-electron chi connectivity index (χ2n) is 6.28. The van der Waals surface area contributed by atoms with Gasteiger partial charge < -0.3 is 10.1 Å². The Labute approximate surface area is 158 Å². The van der Waals surface area contributed by atoms with E-state index >= 15 is 0 Å². The van der Waals surface area contributed by atoms with Gasteiger partial charge in [0.2, 0.25) is 5.91 Å². The minimum atomic E-state index is -0.0277. The standard InChI is InChI=1S/C20H22ClNO2S/c21-17-6-8-18(9-7-17)25-14-19(23)22-15-20(10-12-24-13-11-20)16-4-2-1-3-5-16/h1-9H,10-15H2,(H,22,23). The van der Waals surface area contributed by atoms with Crippen LogP contribution in [0.25, 0.3) is 0 Å². The molecule has 1 aliphatic rings. The lowest BCUT2D eigenvalue weighted by atomic mass is 9.74. The molecule has 2 aromatic carbocycles. The van der Waals surface area contributed by atoms with Crippen molar-refractivity contribution in [2.75, 3.05) is 25.5 Å². The van der Waals surface area contributed by atoms with Crippen LogP contribution >= 0.6 is 23.4 Å². The summed E-state index contributed by atoms with van der Waals surface area (Å²) >= 11 is 7.41. The minimum absolute atomic E-state index is 0.0277. The molecule has 0 aromatic heterocycles.